The van der Waals surface area contributed by atoms with Gasteiger partial charge in [0.25, 0.3) is 0 Å². The van der Waals surface area contributed by atoms with Gasteiger partial charge in [-0.2, -0.15) is 0 Å². The fourth-order valence-electron chi connectivity index (χ4n) is 2.75. The molecule has 0 heterocycles. The number of rotatable bonds is 3. The number of carbonyl (C=O) groups excluding carboxylic acids is 1. The van der Waals surface area contributed by atoms with Gasteiger partial charge in [0, 0.05) is 16.0 Å². The number of carbonyl (C=O) groups is 1. The Labute approximate surface area is 112 Å². The summed E-state index contributed by atoms with van der Waals surface area (Å²) in [6.45, 7) is 2.09. The lowest BCUT2D eigenvalue weighted by molar-refractivity contribution is 0.0791. The fourth-order valence-corrected chi connectivity index (χ4v) is 3.25. The van der Waals surface area contributed by atoms with Crippen LogP contribution in [-0.2, 0) is 0 Å². The van der Waals surface area contributed by atoms with Gasteiger partial charge in [0.15, 0.2) is 5.78 Å². The van der Waals surface area contributed by atoms with Crippen molar-refractivity contribution in [3.8, 4) is 0 Å². The SMILES string of the molecule is CCC1(C(=O)c2ccc(Cl)cc2Cl)CCCC1. The first-order chi connectivity index (χ1) is 8.09. The molecule has 0 unspecified atom stereocenters. The third-order valence-electron chi connectivity index (χ3n) is 3.89. The topological polar surface area (TPSA) is 17.1 Å². The van der Waals surface area contributed by atoms with Crippen molar-refractivity contribution in [2.75, 3.05) is 0 Å². The molecule has 3 heteroatoms. The minimum absolute atomic E-state index is 0.183. The van der Waals surface area contributed by atoms with Gasteiger partial charge in [0.05, 0.1) is 5.02 Å². The van der Waals surface area contributed by atoms with Gasteiger partial charge in [-0.15, -0.1) is 0 Å². The van der Waals surface area contributed by atoms with Crippen molar-refractivity contribution in [2.24, 2.45) is 5.41 Å². The molecule has 1 aromatic rings. The second-order valence-corrected chi connectivity index (χ2v) is 5.64. The Morgan fingerprint density at radius 1 is 1.29 bits per heavy atom. The molecule has 0 N–H and O–H groups in total. The summed E-state index contributed by atoms with van der Waals surface area (Å²) in [6.07, 6.45) is 5.16. The lowest BCUT2D eigenvalue weighted by atomic mass is 9.76. The van der Waals surface area contributed by atoms with Crippen LogP contribution >= 0.6 is 23.2 Å². The highest BCUT2D eigenvalue weighted by molar-refractivity contribution is 6.37. The summed E-state index contributed by atoms with van der Waals surface area (Å²) in [5, 5.41) is 1.05. The van der Waals surface area contributed by atoms with Gasteiger partial charge < -0.3 is 0 Å². The Kier molecular flexibility index (Phi) is 3.79. The predicted molar refractivity (Wildman–Crippen MR) is 72.0 cm³/mol. The third kappa shape index (κ3) is 2.36. The van der Waals surface area contributed by atoms with Crippen LogP contribution in [0.5, 0.6) is 0 Å². The Bertz CT molecular complexity index is 434. The zero-order chi connectivity index (χ0) is 12.5. The molecule has 2 rings (SSSR count). The van der Waals surface area contributed by atoms with Crippen LogP contribution in [0.25, 0.3) is 0 Å². The van der Waals surface area contributed by atoms with E-state index < -0.39 is 0 Å². The Hall–Kier alpha value is -0.530. The molecule has 1 aliphatic rings. The minimum atomic E-state index is -0.183. The van der Waals surface area contributed by atoms with Crippen molar-refractivity contribution in [3.63, 3.8) is 0 Å². The van der Waals surface area contributed by atoms with Crippen molar-refractivity contribution in [3.05, 3.63) is 33.8 Å². The molecule has 1 fully saturated rings. The van der Waals surface area contributed by atoms with E-state index in [1.54, 1.807) is 18.2 Å². The second-order valence-electron chi connectivity index (χ2n) is 4.79. The van der Waals surface area contributed by atoms with E-state index in [4.69, 9.17) is 23.2 Å². The summed E-state index contributed by atoms with van der Waals surface area (Å²) in [5.41, 5.74) is 0.442. The van der Waals surface area contributed by atoms with Gasteiger partial charge in [-0.3, -0.25) is 4.79 Å². The van der Waals surface area contributed by atoms with E-state index in [1.807, 2.05) is 0 Å². The number of hydrogen-bond acceptors (Lipinski definition) is 1. The summed E-state index contributed by atoms with van der Waals surface area (Å²) in [7, 11) is 0. The number of hydrogen-bond donors (Lipinski definition) is 0. The molecule has 1 saturated carbocycles. The van der Waals surface area contributed by atoms with E-state index in [1.165, 1.54) is 0 Å². The molecule has 0 radical (unpaired) electrons. The summed E-state index contributed by atoms with van der Waals surface area (Å²) in [5.74, 6) is 0.194. The molecule has 0 bridgehead atoms. The smallest absolute Gasteiger partial charge is 0.170 e. The van der Waals surface area contributed by atoms with Crippen molar-refractivity contribution in [1.82, 2.24) is 0 Å². The molecule has 0 aliphatic heterocycles. The molecule has 1 nitrogen and oxygen atoms in total. The second kappa shape index (κ2) is 4.99. The van der Waals surface area contributed by atoms with Crippen LogP contribution in [0.2, 0.25) is 10.0 Å². The van der Waals surface area contributed by atoms with Gasteiger partial charge in [0.1, 0.15) is 0 Å². The third-order valence-corrected chi connectivity index (χ3v) is 4.44. The average molecular weight is 271 g/mol. The summed E-state index contributed by atoms with van der Waals surface area (Å²) in [4.78, 5) is 12.6. The van der Waals surface area contributed by atoms with Crippen LogP contribution in [0, 0.1) is 5.41 Å². The molecule has 0 amide bonds. The molecule has 1 aromatic carbocycles. The first-order valence-electron chi connectivity index (χ1n) is 6.09. The summed E-state index contributed by atoms with van der Waals surface area (Å²) in [6, 6.07) is 5.14. The lowest BCUT2D eigenvalue weighted by Gasteiger charge is -2.26. The first kappa shape index (κ1) is 12.9. The molecular weight excluding hydrogens is 255 g/mol. The Balaban J connectivity index is 2.36. The quantitative estimate of drug-likeness (QED) is 0.695. The van der Waals surface area contributed by atoms with Crippen LogP contribution in [0.4, 0.5) is 0 Å². The van der Waals surface area contributed by atoms with Crippen molar-refractivity contribution >= 4 is 29.0 Å². The number of halogens is 2. The van der Waals surface area contributed by atoms with Crippen LogP contribution < -0.4 is 0 Å². The van der Waals surface area contributed by atoms with Crippen LogP contribution in [0.3, 0.4) is 0 Å². The maximum Gasteiger partial charge on any atom is 0.170 e. The fraction of sp³-hybridized carbons (Fsp3) is 0.500. The standard InChI is InChI=1S/C14H16Cl2O/c1-2-14(7-3-4-8-14)13(17)11-6-5-10(15)9-12(11)16/h5-6,9H,2-4,7-8H2,1H3. The highest BCUT2D eigenvalue weighted by Gasteiger charge is 2.40. The number of benzene rings is 1. The van der Waals surface area contributed by atoms with E-state index in [9.17, 15) is 4.79 Å². The van der Waals surface area contributed by atoms with Gasteiger partial charge in [-0.25, -0.2) is 0 Å². The maximum atomic E-state index is 12.6. The molecule has 0 saturated heterocycles. The van der Waals surface area contributed by atoms with Crippen molar-refractivity contribution in [2.45, 2.75) is 39.0 Å². The zero-order valence-electron chi connectivity index (χ0n) is 9.93. The average Bonchev–Trinajstić information content (AvgIpc) is 2.78. The Morgan fingerprint density at radius 3 is 2.47 bits per heavy atom. The Morgan fingerprint density at radius 2 is 1.94 bits per heavy atom. The van der Waals surface area contributed by atoms with Crippen LogP contribution in [0.1, 0.15) is 49.4 Å². The van der Waals surface area contributed by atoms with E-state index in [-0.39, 0.29) is 11.2 Å². The zero-order valence-corrected chi connectivity index (χ0v) is 11.4. The normalized spacial score (nSPS) is 18.3. The maximum absolute atomic E-state index is 12.6. The summed E-state index contributed by atoms with van der Waals surface area (Å²) < 4.78 is 0. The molecule has 0 aromatic heterocycles. The van der Waals surface area contributed by atoms with Crippen LogP contribution in [0.15, 0.2) is 18.2 Å². The van der Waals surface area contributed by atoms with Gasteiger partial charge in [-0.05, 0) is 37.5 Å². The molecule has 17 heavy (non-hydrogen) atoms. The molecule has 1 aliphatic carbocycles. The highest BCUT2D eigenvalue weighted by Crippen LogP contribution is 2.44. The van der Waals surface area contributed by atoms with Gasteiger partial charge in [0.2, 0.25) is 0 Å². The van der Waals surface area contributed by atoms with Gasteiger partial charge in [-0.1, -0.05) is 43.0 Å². The van der Waals surface area contributed by atoms with E-state index >= 15 is 0 Å². The van der Waals surface area contributed by atoms with E-state index in [0.29, 0.717) is 15.6 Å². The number of ketones is 1. The molecule has 0 spiro atoms. The molecular formula is C14H16Cl2O. The molecule has 0 atom stereocenters. The van der Waals surface area contributed by atoms with E-state index in [2.05, 4.69) is 6.92 Å². The number of Topliss-reactive ketones (excluding diaryl/α,β-unsaturated/α-hetero) is 1. The van der Waals surface area contributed by atoms with E-state index in [0.717, 1.165) is 32.1 Å². The summed E-state index contributed by atoms with van der Waals surface area (Å²) >= 11 is 12.0. The van der Waals surface area contributed by atoms with Crippen molar-refractivity contribution < 1.29 is 4.79 Å². The monoisotopic (exact) mass is 270 g/mol. The van der Waals surface area contributed by atoms with Crippen molar-refractivity contribution in [1.29, 1.82) is 0 Å². The van der Waals surface area contributed by atoms with Crippen LogP contribution in [-0.4, -0.2) is 5.78 Å². The lowest BCUT2D eigenvalue weighted by Crippen LogP contribution is -2.27. The van der Waals surface area contributed by atoms with Gasteiger partial charge >= 0.3 is 0 Å². The molecule has 92 valence electrons. The highest BCUT2D eigenvalue weighted by atomic mass is 35.5. The first-order valence-corrected chi connectivity index (χ1v) is 6.84. The minimum Gasteiger partial charge on any atom is -0.294 e. The predicted octanol–water partition coefficient (Wildman–Crippen LogP) is 5.15. The largest absolute Gasteiger partial charge is 0.294 e.